The highest BCUT2D eigenvalue weighted by atomic mass is 35.5. The van der Waals surface area contributed by atoms with Crippen molar-refractivity contribution in [3.63, 3.8) is 0 Å². The number of benzene rings is 2. The molecule has 2 nitrogen and oxygen atoms in total. The van der Waals surface area contributed by atoms with Crippen molar-refractivity contribution in [3.8, 4) is 5.75 Å². The van der Waals surface area contributed by atoms with Crippen LogP contribution in [0.15, 0.2) is 48.5 Å². The minimum Gasteiger partial charge on any atom is -0.491 e. The molecule has 0 amide bonds. The molecule has 0 aromatic heterocycles. The van der Waals surface area contributed by atoms with Gasteiger partial charge in [-0.05, 0) is 42.0 Å². The van der Waals surface area contributed by atoms with Gasteiger partial charge in [-0.15, -0.1) is 0 Å². The summed E-state index contributed by atoms with van der Waals surface area (Å²) in [7, 11) is 0. The van der Waals surface area contributed by atoms with E-state index in [0.29, 0.717) is 22.2 Å². The van der Waals surface area contributed by atoms with Crippen LogP contribution in [0.3, 0.4) is 0 Å². The van der Waals surface area contributed by atoms with Gasteiger partial charge in [-0.1, -0.05) is 35.3 Å². The Bertz CT molecular complexity index is 526. The van der Waals surface area contributed by atoms with E-state index in [9.17, 15) is 5.11 Å². The summed E-state index contributed by atoms with van der Waals surface area (Å²) in [4.78, 5) is 0. The van der Waals surface area contributed by atoms with E-state index in [-0.39, 0.29) is 6.61 Å². The quantitative estimate of drug-likeness (QED) is 0.904. The second-order valence-electron chi connectivity index (χ2n) is 4.25. The van der Waals surface area contributed by atoms with Crippen LogP contribution in [0.4, 0.5) is 0 Å². The summed E-state index contributed by atoms with van der Waals surface area (Å²) >= 11 is 11.7. The maximum Gasteiger partial charge on any atom is 0.119 e. The van der Waals surface area contributed by atoms with Crippen LogP contribution in [0, 0.1) is 0 Å². The van der Waals surface area contributed by atoms with Gasteiger partial charge >= 0.3 is 0 Å². The lowest BCUT2D eigenvalue weighted by Crippen LogP contribution is -2.20. The first-order valence-corrected chi connectivity index (χ1v) is 6.70. The molecule has 1 N–H and O–H groups in total. The molecule has 1 atom stereocenters. The van der Waals surface area contributed by atoms with E-state index < -0.39 is 6.10 Å². The van der Waals surface area contributed by atoms with Gasteiger partial charge in [0.2, 0.25) is 0 Å². The number of hydrogen-bond acceptors (Lipinski definition) is 2. The van der Waals surface area contributed by atoms with Crippen LogP contribution in [0.1, 0.15) is 5.56 Å². The van der Waals surface area contributed by atoms with Crippen molar-refractivity contribution in [3.05, 3.63) is 64.1 Å². The lowest BCUT2D eigenvalue weighted by Gasteiger charge is -2.12. The van der Waals surface area contributed by atoms with Gasteiger partial charge in [0.25, 0.3) is 0 Å². The van der Waals surface area contributed by atoms with E-state index in [4.69, 9.17) is 27.9 Å². The summed E-state index contributed by atoms with van der Waals surface area (Å²) < 4.78 is 5.48. The molecule has 1 unspecified atom stereocenters. The molecule has 0 radical (unpaired) electrons. The third kappa shape index (κ3) is 4.75. The van der Waals surface area contributed by atoms with E-state index >= 15 is 0 Å². The van der Waals surface area contributed by atoms with Crippen LogP contribution < -0.4 is 4.74 Å². The van der Waals surface area contributed by atoms with Crippen molar-refractivity contribution in [2.75, 3.05) is 6.61 Å². The van der Waals surface area contributed by atoms with Crippen molar-refractivity contribution in [2.45, 2.75) is 12.5 Å². The number of halogens is 2. The molecular weight excluding hydrogens is 283 g/mol. The van der Waals surface area contributed by atoms with Gasteiger partial charge in [0.15, 0.2) is 0 Å². The Hall–Kier alpha value is -1.22. The molecule has 0 aliphatic rings. The SMILES string of the molecule is OC(COc1ccc(Cl)cc1)Cc1cccc(Cl)c1. The van der Waals surface area contributed by atoms with Crippen LogP contribution in [-0.2, 0) is 6.42 Å². The molecule has 0 saturated heterocycles. The summed E-state index contributed by atoms with van der Waals surface area (Å²) in [5.41, 5.74) is 0.986. The van der Waals surface area contributed by atoms with Gasteiger partial charge in [-0.3, -0.25) is 0 Å². The van der Waals surface area contributed by atoms with Crippen LogP contribution in [0.5, 0.6) is 5.75 Å². The minimum atomic E-state index is -0.575. The largest absolute Gasteiger partial charge is 0.491 e. The standard InChI is InChI=1S/C15H14Cl2O2/c16-12-4-6-15(7-5-12)19-10-14(18)9-11-2-1-3-13(17)8-11/h1-8,14,18H,9-10H2. The fourth-order valence-electron chi connectivity index (χ4n) is 1.72. The van der Waals surface area contributed by atoms with E-state index in [0.717, 1.165) is 5.56 Å². The first-order valence-electron chi connectivity index (χ1n) is 5.94. The fraction of sp³-hybridized carbons (Fsp3) is 0.200. The zero-order valence-electron chi connectivity index (χ0n) is 10.2. The summed E-state index contributed by atoms with van der Waals surface area (Å²) in [6, 6.07) is 14.5. The lowest BCUT2D eigenvalue weighted by atomic mass is 10.1. The number of aliphatic hydroxyl groups is 1. The molecule has 0 aliphatic heterocycles. The minimum absolute atomic E-state index is 0.230. The Morgan fingerprint density at radius 3 is 2.42 bits per heavy atom. The average molecular weight is 297 g/mol. The molecule has 2 aromatic carbocycles. The Balaban J connectivity index is 1.84. The van der Waals surface area contributed by atoms with E-state index in [1.165, 1.54) is 0 Å². The van der Waals surface area contributed by atoms with Crippen molar-refractivity contribution < 1.29 is 9.84 Å². The first-order chi connectivity index (χ1) is 9.13. The maximum absolute atomic E-state index is 9.92. The molecular formula is C15H14Cl2O2. The zero-order valence-corrected chi connectivity index (χ0v) is 11.7. The molecule has 0 saturated carbocycles. The second kappa shape index (κ2) is 6.80. The molecule has 0 spiro atoms. The lowest BCUT2D eigenvalue weighted by molar-refractivity contribution is 0.108. The third-order valence-electron chi connectivity index (χ3n) is 2.62. The molecule has 2 rings (SSSR count). The topological polar surface area (TPSA) is 29.5 Å². The molecule has 4 heteroatoms. The third-order valence-corrected chi connectivity index (χ3v) is 3.10. The number of aliphatic hydroxyl groups excluding tert-OH is 1. The van der Waals surface area contributed by atoms with Crippen molar-refractivity contribution in [2.24, 2.45) is 0 Å². The van der Waals surface area contributed by atoms with Gasteiger partial charge in [0, 0.05) is 16.5 Å². The van der Waals surface area contributed by atoms with Gasteiger partial charge in [-0.25, -0.2) is 0 Å². The normalized spacial score (nSPS) is 12.2. The van der Waals surface area contributed by atoms with Crippen molar-refractivity contribution in [1.82, 2.24) is 0 Å². The summed E-state index contributed by atoms with van der Waals surface area (Å²) in [5.74, 6) is 0.689. The molecule has 0 heterocycles. The first kappa shape index (κ1) is 14.2. The second-order valence-corrected chi connectivity index (χ2v) is 5.13. The zero-order chi connectivity index (χ0) is 13.7. The Labute approximate surface area is 122 Å². The number of hydrogen-bond donors (Lipinski definition) is 1. The van der Waals surface area contributed by atoms with Gasteiger partial charge in [-0.2, -0.15) is 0 Å². The number of rotatable bonds is 5. The Morgan fingerprint density at radius 1 is 1.00 bits per heavy atom. The monoisotopic (exact) mass is 296 g/mol. The maximum atomic E-state index is 9.92. The van der Waals surface area contributed by atoms with Gasteiger partial charge in [0.1, 0.15) is 12.4 Å². The fourth-order valence-corrected chi connectivity index (χ4v) is 2.06. The van der Waals surface area contributed by atoms with Crippen LogP contribution in [-0.4, -0.2) is 17.8 Å². The predicted molar refractivity (Wildman–Crippen MR) is 78.1 cm³/mol. The summed E-state index contributed by atoms with van der Waals surface area (Å²) in [6.45, 7) is 0.230. The highest BCUT2D eigenvalue weighted by Gasteiger charge is 2.07. The van der Waals surface area contributed by atoms with Gasteiger partial charge < -0.3 is 9.84 Å². The van der Waals surface area contributed by atoms with E-state index in [1.54, 1.807) is 24.3 Å². The van der Waals surface area contributed by atoms with E-state index in [2.05, 4.69) is 0 Å². The van der Waals surface area contributed by atoms with Crippen LogP contribution in [0.25, 0.3) is 0 Å². The summed E-state index contributed by atoms with van der Waals surface area (Å²) in [6.07, 6.45) is -0.0668. The van der Waals surface area contributed by atoms with Crippen LogP contribution >= 0.6 is 23.2 Å². The predicted octanol–water partition coefficient (Wildman–Crippen LogP) is 3.98. The average Bonchev–Trinajstić information content (AvgIpc) is 2.38. The Kier molecular flexibility index (Phi) is 5.08. The Morgan fingerprint density at radius 2 is 1.74 bits per heavy atom. The highest BCUT2D eigenvalue weighted by molar-refractivity contribution is 6.30. The van der Waals surface area contributed by atoms with Crippen molar-refractivity contribution >= 4 is 23.2 Å². The highest BCUT2D eigenvalue weighted by Crippen LogP contribution is 2.16. The summed E-state index contributed by atoms with van der Waals surface area (Å²) in [5, 5.41) is 11.2. The van der Waals surface area contributed by atoms with E-state index in [1.807, 2.05) is 24.3 Å². The molecule has 19 heavy (non-hydrogen) atoms. The van der Waals surface area contributed by atoms with Gasteiger partial charge in [0.05, 0.1) is 6.10 Å². The molecule has 0 aliphatic carbocycles. The number of ether oxygens (including phenoxy) is 1. The molecule has 0 fully saturated rings. The molecule has 100 valence electrons. The van der Waals surface area contributed by atoms with Crippen molar-refractivity contribution in [1.29, 1.82) is 0 Å². The van der Waals surface area contributed by atoms with Crippen LogP contribution in [0.2, 0.25) is 10.0 Å². The smallest absolute Gasteiger partial charge is 0.119 e. The molecule has 2 aromatic rings. The molecule has 0 bridgehead atoms.